The monoisotopic (exact) mass is 360 g/mol. The van der Waals surface area contributed by atoms with E-state index in [1.807, 2.05) is 36.6 Å². The maximum Gasteiger partial charge on any atom is 0.264 e. The average molecular weight is 361 g/mol. The molecule has 0 spiro atoms. The largest absolute Gasteiger partial charge is 0.321 e. The van der Waals surface area contributed by atoms with Gasteiger partial charge in [0.2, 0.25) is 0 Å². The topological polar surface area (TPSA) is 98.5 Å². The zero-order chi connectivity index (χ0) is 16.4. The van der Waals surface area contributed by atoms with Gasteiger partial charge in [-0.1, -0.05) is 12.1 Å². The second kappa shape index (κ2) is 7.05. The van der Waals surface area contributed by atoms with Crippen molar-refractivity contribution in [3.8, 4) is 17.2 Å². The van der Waals surface area contributed by atoms with Crippen molar-refractivity contribution in [3.05, 3.63) is 68.3 Å². The summed E-state index contributed by atoms with van der Waals surface area (Å²) in [6.45, 7) is 1.94. The number of nitriles is 1. The Morgan fingerprint density at radius 1 is 1.25 bits per heavy atom. The summed E-state index contributed by atoms with van der Waals surface area (Å²) < 4.78 is 0. The van der Waals surface area contributed by atoms with Gasteiger partial charge in [-0.25, -0.2) is 0 Å². The molecular formula is C17H17ClN4OS. The molecule has 3 rings (SSSR count). The Bertz CT molecular complexity index is 932. The van der Waals surface area contributed by atoms with Gasteiger partial charge in [-0.15, -0.1) is 23.7 Å². The first-order valence-corrected chi connectivity index (χ1v) is 8.01. The van der Waals surface area contributed by atoms with Crippen molar-refractivity contribution < 1.29 is 0 Å². The van der Waals surface area contributed by atoms with Gasteiger partial charge < -0.3 is 10.8 Å². The van der Waals surface area contributed by atoms with Gasteiger partial charge >= 0.3 is 0 Å². The van der Waals surface area contributed by atoms with Gasteiger partial charge in [0.15, 0.2) is 0 Å². The van der Waals surface area contributed by atoms with E-state index < -0.39 is 5.54 Å². The SMILES string of the molecule is C[C@](N)(Cc1cc(=O)[nH][nH]1)c1cc(-c2cccc(C#N)c2)cs1.Cl. The summed E-state index contributed by atoms with van der Waals surface area (Å²) in [5.74, 6) is 0. The van der Waals surface area contributed by atoms with Crippen molar-refractivity contribution in [1.29, 1.82) is 5.26 Å². The Hall–Kier alpha value is -2.33. The lowest BCUT2D eigenvalue weighted by Crippen LogP contribution is -2.34. The first kappa shape index (κ1) is 18.0. The minimum absolute atomic E-state index is 0. The Balaban J connectivity index is 0.00000208. The zero-order valence-corrected chi connectivity index (χ0v) is 14.6. The molecule has 7 heteroatoms. The van der Waals surface area contributed by atoms with Crippen LogP contribution in [0.15, 0.2) is 46.6 Å². The number of hydrogen-bond donors (Lipinski definition) is 3. The van der Waals surface area contributed by atoms with Crippen LogP contribution >= 0.6 is 23.7 Å². The lowest BCUT2D eigenvalue weighted by atomic mass is 9.94. The van der Waals surface area contributed by atoms with E-state index in [0.29, 0.717) is 12.0 Å². The number of benzene rings is 1. The smallest absolute Gasteiger partial charge is 0.264 e. The van der Waals surface area contributed by atoms with Crippen LogP contribution in [0.3, 0.4) is 0 Å². The standard InChI is InChI=1S/C17H16N4OS.ClH/c1-17(19,8-14-7-16(22)21-20-14)15-6-13(10-23-15)12-4-2-3-11(5-12)9-18;/h2-7,10H,8,19H2,1H3,(H2,20,21,22);1H/t17-;/m0./s1. The molecule has 24 heavy (non-hydrogen) atoms. The fraction of sp³-hybridized carbons (Fsp3) is 0.176. The van der Waals surface area contributed by atoms with Gasteiger partial charge in [0.05, 0.1) is 17.2 Å². The van der Waals surface area contributed by atoms with Gasteiger partial charge in [-0.2, -0.15) is 5.26 Å². The van der Waals surface area contributed by atoms with Gasteiger partial charge in [-0.3, -0.25) is 9.89 Å². The van der Waals surface area contributed by atoms with E-state index >= 15 is 0 Å². The second-order valence-electron chi connectivity index (χ2n) is 5.77. The number of nitrogens with one attached hydrogen (secondary N) is 2. The zero-order valence-electron chi connectivity index (χ0n) is 13.0. The minimum atomic E-state index is -0.582. The van der Waals surface area contributed by atoms with E-state index in [-0.39, 0.29) is 18.0 Å². The average Bonchev–Trinajstić information content (AvgIpc) is 3.16. The van der Waals surface area contributed by atoms with Crippen molar-refractivity contribution in [2.75, 3.05) is 0 Å². The van der Waals surface area contributed by atoms with E-state index in [2.05, 4.69) is 16.3 Å². The summed E-state index contributed by atoms with van der Waals surface area (Å²) in [7, 11) is 0. The van der Waals surface area contributed by atoms with Gasteiger partial charge in [0, 0.05) is 23.1 Å². The fourth-order valence-electron chi connectivity index (χ4n) is 2.51. The molecule has 1 atom stereocenters. The van der Waals surface area contributed by atoms with E-state index in [1.54, 1.807) is 17.4 Å². The number of aromatic nitrogens is 2. The number of H-pyrrole nitrogens is 2. The molecule has 124 valence electrons. The van der Waals surface area contributed by atoms with Gasteiger partial charge in [-0.05, 0) is 41.6 Å². The van der Waals surface area contributed by atoms with Crippen molar-refractivity contribution >= 4 is 23.7 Å². The molecule has 0 aliphatic rings. The Morgan fingerprint density at radius 2 is 2.04 bits per heavy atom. The third-order valence-electron chi connectivity index (χ3n) is 3.70. The molecule has 0 aliphatic carbocycles. The molecule has 0 fully saturated rings. The molecule has 1 aromatic carbocycles. The summed E-state index contributed by atoms with van der Waals surface area (Å²) in [5, 5.41) is 16.4. The summed E-state index contributed by atoms with van der Waals surface area (Å²) in [4.78, 5) is 12.2. The highest BCUT2D eigenvalue weighted by Gasteiger charge is 2.25. The number of aromatic amines is 2. The van der Waals surface area contributed by atoms with Crippen LogP contribution in [0.2, 0.25) is 0 Å². The summed E-state index contributed by atoms with van der Waals surface area (Å²) >= 11 is 1.58. The molecule has 5 nitrogen and oxygen atoms in total. The highest BCUT2D eigenvalue weighted by Crippen LogP contribution is 2.33. The predicted molar refractivity (Wildman–Crippen MR) is 98.4 cm³/mol. The number of halogens is 1. The van der Waals surface area contributed by atoms with Crippen LogP contribution < -0.4 is 11.3 Å². The third-order valence-corrected chi connectivity index (χ3v) is 4.91. The van der Waals surface area contributed by atoms with Crippen LogP contribution in [-0.2, 0) is 12.0 Å². The summed E-state index contributed by atoms with van der Waals surface area (Å²) in [6, 6.07) is 13.2. The Labute approximate surface area is 149 Å². The normalized spacial score (nSPS) is 12.9. The number of thiophene rings is 1. The van der Waals surface area contributed by atoms with E-state index in [9.17, 15) is 4.79 Å². The van der Waals surface area contributed by atoms with Gasteiger partial charge in [0.25, 0.3) is 5.56 Å². The summed E-state index contributed by atoms with van der Waals surface area (Å²) in [5.41, 5.74) is 9.16. The van der Waals surface area contributed by atoms with E-state index in [4.69, 9.17) is 11.0 Å². The Kier molecular flexibility index (Phi) is 5.30. The van der Waals surface area contributed by atoms with Crippen molar-refractivity contribution in [2.24, 2.45) is 5.73 Å². The quantitative estimate of drug-likeness (QED) is 0.666. The molecule has 0 saturated heterocycles. The highest BCUT2D eigenvalue weighted by atomic mass is 35.5. The number of rotatable bonds is 4. The molecule has 4 N–H and O–H groups in total. The van der Waals surface area contributed by atoms with Crippen molar-refractivity contribution in [2.45, 2.75) is 18.9 Å². The second-order valence-corrected chi connectivity index (χ2v) is 6.68. The fourth-order valence-corrected chi connectivity index (χ4v) is 3.50. The molecule has 0 radical (unpaired) electrons. The molecular weight excluding hydrogens is 344 g/mol. The summed E-state index contributed by atoms with van der Waals surface area (Å²) in [6.07, 6.45) is 0.532. The minimum Gasteiger partial charge on any atom is -0.321 e. The van der Waals surface area contributed by atoms with Crippen LogP contribution in [0.1, 0.15) is 23.1 Å². The van der Waals surface area contributed by atoms with Crippen LogP contribution in [0.5, 0.6) is 0 Å². The number of nitrogens with zero attached hydrogens (tertiary/aromatic N) is 1. The highest BCUT2D eigenvalue weighted by molar-refractivity contribution is 7.10. The molecule has 0 unspecified atom stereocenters. The number of nitrogens with two attached hydrogens (primary N) is 1. The first-order chi connectivity index (χ1) is 11.0. The predicted octanol–water partition coefficient (Wildman–Crippen LogP) is 3.14. The molecule has 2 heterocycles. The maximum atomic E-state index is 11.2. The van der Waals surface area contributed by atoms with Crippen molar-refractivity contribution in [3.63, 3.8) is 0 Å². The van der Waals surface area contributed by atoms with Crippen LogP contribution in [0.4, 0.5) is 0 Å². The van der Waals surface area contributed by atoms with Crippen LogP contribution in [-0.4, -0.2) is 10.2 Å². The molecule has 0 aliphatic heterocycles. The molecule has 0 bridgehead atoms. The lowest BCUT2D eigenvalue weighted by Gasteiger charge is -2.22. The third kappa shape index (κ3) is 3.77. The van der Waals surface area contributed by atoms with Crippen molar-refractivity contribution in [1.82, 2.24) is 10.2 Å². The Morgan fingerprint density at radius 3 is 2.71 bits per heavy atom. The van der Waals surface area contributed by atoms with Gasteiger partial charge in [0.1, 0.15) is 0 Å². The van der Waals surface area contributed by atoms with E-state index in [1.165, 1.54) is 6.07 Å². The number of hydrogen-bond acceptors (Lipinski definition) is 4. The maximum absolute atomic E-state index is 11.2. The van der Waals surface area contributed by atoms with Crippen LogP contribution in [0, 0.1) is 11.3 Å². The first-order valence-electron chi connectivity index (χ1n) is 7.13. The van der Waals surface area contributed by atoms with Crippen LogP contribution in [0.25, 0.3) is 11.1 Å². The molecule has 0 saturated carbocycles. The molecule has 2 aromatic heterocycles. The lowest BCUT2D eigenvalue weighted by molar-refractivity contribution is 0.495. The molecule has 0 amide bonds. The molecule has 3 aromatic rings. The van der Waals surface area contributed by atoms with E-state index in [0.717, 1.165) is 21.7 Å².